The molecule has 118 valence electrons. The zero-order valence-corrected chi connectivity index (χ0v) is 13.9. The molecule has 5 nitrogen and oxygen atoms in total. The fraction of sp³-hybridized carbons (Fsp3) is 0.714. The minimum Gasteiger partial charge on any atom is -0.377 e. The van der Waals surface area contributed by atoms with E-state index in [-0.39, 0.29) is 6.10 Å². The number of rotatable bonds is 5. The molecule has 2 heterocycles. The van der Waals surface area contributed by atoms with E-state index in [1.54, 1.807) is 10.4 Å². The topological polar surface area (TPSA) is 58.6 Å². The number of thiophene rings is 1. The summed E-state index contributed by atoms with van der Waals surface area (Å²) < 4.78 is 32.9. The van der Waals surface area contributed by atoms with Gasteiger partial charge in [-0.1, -0.05) is 0 Å². The third kappa shape index (κ3) is 3.65. The Labute approximate surface area is 130 Å². The molecule has 0 aromatic carbocycles. The van der Waals surface area contributed by atoms with Crippen molar-refractivity contribution >= 4 is 21.4 Å². The van der Waals surface area contributed by atoms with Gasteiger partial charge in [0.15, 0.2) is 0 Å². The summed E-state index contributed by atoms with van der Waals surface area (Å²) in [7, 11) is -3.41. The van der Waals surface area contributed by atoms with Crippen LogP contribution in [0.1, 0.15) is 31.1 Å². The van der Waals surface area contributed by atoms with Crippen molar-refractivity contribution in [1.82, 2.24) is 9.62 Å². The quantitative estimate of drug-likeness (QED) is 0.894. The normalized spacial score (nSPS) is 24.9. The molecule has 1 N–H and O–H groups in total. The smallest absolute Gasteiger partial charge is 0.244 e. The van der Waals surface area contributed by atoms with E-state index >= 15 is 0 Å². The van der Waals surface area contributed by atoms with E-state index in [9.17, 15) is 8.42 Å². The van der Waals surface area contributed by atoms with Crippen LogP contribution in [-0.2, 0) is 21.3 Å². The Hall–Kier alpha value is -0.470. The van der Waals surface area contributed by atoms with Crippen LogP contribution in [0, 0.1) is 0 Å². The van der Waals surface area contributed by atoms with Gasteiger partial charge >= 0.3 is 0 Å². The third-order valence-corrected chi connectivity index (χ3v) is 6.87. The summed E-state index contributed by atoms with van der Waals surface area (Å²) in [5.74, 6) is 0. The Kier molecular flexibility index (Phi) is 4.66. The molecule has 0 bridgehead atoms. The molecule has 1 aliphatic heterocycles. The Balaban J connectivity index is 1.78. The second kappa shape index (κ2) is 6.34. The van der Waals surface area contributed by atoms with E-state index < -0.39 is 10.0 Å². The molecule has 1 aromatic rings. The number of nitrogens with one attached hydrogen (secondary N) is 1. The van der Waals surface area contributed by atoms with E-state index in [2.05, 4.69) is 5.32 Å². The zero-order chi connectivity index (χ0) is 14.9. The van der Waals surface area contributed by atoms with Crippen LogP contribution in [0.2, 0.25) is 0 Å². The van der Waals surface area contributed by atoms with E-state index in [0.29, 0.717) is 37.2 Å². The van der Waals surface area contributed by atoms with Crippen molar-refractivity contribution in [2.45, 2.75) is 49.8 Å². The molecule has 0 radical (unpaired) electrons. The number of hydrogen-bond acceptors (Lipinski definition) is 5. The first-order chi connectivity index (χ1) is 10.1. The van der Waals surface area contributed by atoms with E-state index in [1.807, 2.05) is 12.3 Å². The molecule has 21 heavy (non-hydrogen) atoms. The van der Waals surface area contributed by atoms with Crippen molar-refractivity contribution in [3.63, 3.8) is 0 Å². The number of sulfonamides is 1. The molecule has 3 rings (SSSR count). The number of hydrogen-bond donors (Lipinski definition) is 1. The molecule has 0 spiro atoms. The molecule has 1 saturated heterocycles. The van der Waals surface area contributed by atoms with Crippen molar-refractivity contribution in [2.75, 3.05) is 19.7 Å². The Morgan fingerprint density at radius 1 is 1.48 bits per heavy atom. The molecule has 2 fully saturated rings. The van der Waals surface area contributed by atoms with E-state index in [4.69, 9.17) is 4.74 Å². The fourth-order valence-corrected chi connectivity index (χ4v) is 5.45. The first-order valence-corrected chi connectivity index (χ1v) is 9.81. The first-order valence-electron chi connectivity index (χ1n) is 7.49. The van der Waals surface area contributed by atoms with Crippen LogP contribution in [0.5, 0.6) is 0 Å². The summed E-state index contributed by atoms with van der Waals surface area (Å²) in [5.41, 5.74) is 0. The first kappa shape index (κ1) is 15.4. The summed E-state index contributed by atoms with van der Waals surface area (Å²) in [6.07, 6.45) is 3.11. The van der Waals surface area contributed by atoms with Gasteiger partial charge in [0.05, 0.1) is 11.0 Å². The van der Waals surface area contributed by atoms with Gasteiger partial charge in [0.1, 0.15) is 0 Å². The SMILES string of the molecule is CC1CN(S(=O)(=O)c2ccsc2CNC2CC2)CCCO1. The second-order valence-electron chi connectivity index (χ2n) is 5.76. The zero-order valence-electron chi connectivity index (χ0n) is 12.2. The molecule has 0 amide bonds. The van der Waals surface area contributed by atoms with Crippen molar-refractivity contribution in [2.24, 2.45) is 0 Å². The molecule has 2 aliphatic rings. The van der Waals surface area contributed by atoms with Crippen LogP contribution in [0.15, 0.2) is 16.3 Å². The predicted molar refractivity (Wildman–Crippen MR) is 83.0 cm³/mol. The van der Waals surface area contributed by atoms with Crippen molar-refractivity contribution < 1.29 is 13.2 Å². The summed E-state index contributed by atoms with van der Waals surface area (Å²) in [5, 5.41) is 5.27. The highest BCUT2D eigenvalue weighted by molar-refractivity contribution is 7.89. The van der Waals surface area contributed by atoms with Crippen molar-refractivity contribution in [3.8, 4) is 0 Å². The Morgan fingerprint density at radius 2 is 2.29 bits per heavy atom. The maximum atomic E-state index is 12.9. The monoisotopic (exact) mass is 330 g/mol. The van der Waals surface area contributed by atoms with Gasteiger partial charge in [0, 0.05) is 37.2 Å². The van der Waals surface area contributed by atoms with Gasteiger partial charge in [0.25, 0.3) is 0 Å². The van der Waals surface area contributed by atoms with E-state index in [0.717, 1.165) is 11.3 Å². The number of nitrogens with zero attached hydrogens (tertiary/aromatic N) is 1. The number of ether oxygens (including phenoxy) is 1. The second-order valence-corrected chi connectivity index (χ2v) is 8.67. The predicted octanol–water partition coefficient (Wildman–Crippen LogP) is 1.80. The summed E-state index contributed by atoms with van der Waals surface area (Å²) in [6.45, 7) is 4.19. The van der Waals surface area contributed by atoms with Gasteiger partial charge in [-0.05, 0) is 37.6 Å². The molecule has 1 aliphatic carbocycles. The van der Waals surface area contributed by atoms with Crippen LogP contribution in [-0.4, -0.2) is 44.6 Å². The highest BCUT2D eigenvalue weighted by Crippen LogP contribution is 2.28. The molecular formula is C14H22N2O3S2. The minimum absolute atomic E-state index is 0.0473. The van der Waals surface area contributed by atoms with Crippen LogP contribution in [0.3, 0.4) is 0 Å². The average Bonchev–Trinajstić information content (AvgIpc) is 3.19. The maximum Gasteiger partial charge on any atom is 0.244 e. The summed E-state index contributed by atoms with van der Waals surface area (Å²) in [6, 6.07) is 2.31. The average molecular weight is 330 g/mol. The molecule has 1 saturated carbocycles. The molecule has 1 atom stereocenters. The summed E-state index contributed by atoms with van der Waals surface area (Å²) in [4.78, 5) is 1.38. The third-order valence-electron chi connectivity index (χ3n) is 3.87. The minimum atomic E-state index is -3.41. The highest BCUT2D eigenvalue weighted by Gasteiger charge is 2.30. The lowest BCUT2D eigenvalue weighted by atomic mass is 10.4. The van der Waals surface area contributed by atoms with Crippen LogP contribution < -0.4 is 5.32 Å². The Bertz CT molecular complexity index is 581. The molecule has 7 heteroatoms. The largest absolute Gasteiger partial charge is 0.377 e. The van der Waals surface area contributed by atoms with Gasteiger partial charge in [-0.15, -0.1) is 11.3 Å². The summed E-state index contributed by atoms with van der Waals surface area (Å²) >= 11 is 1.52. The van der Waals surface area contributed by atoms with Crippen LogP contribution in [0.4, 0.5) is 0 Å². The Morgan fingerprint density at radius 3 is 3.05 bits per heavy atom. The lowest BCUT2D eigenvalue weighted by molar-refractivity contribution is 0.0752. The van der Waals surface area contributed by atoms with Gasteiger partial charge in [0.2, 0.25) is 10.0 Å². The maximum absolute atomic E-state index is 12.9. The molecule has 1 unspecified atom stereocenters. The van der Waals surface area contributed by atoms with Crippen LogP contribution in [0.25, 0.3) is 0 Å². The lowest BCUT2D eigenvalue weighted by Crippen LogP contribution is -2.36. The van der Waals surface area contributed by atoms with Gasteiger partial charge in [-0.25, -0.2) is 8.42 Å². The van der Waals surface area contributed by atoms with Crippen molar-refractivity contribution in [3.05, 3.63) is 16.3 Å². The van der Waals surface area contributed by atoms with Crippen molar-refractivity contribution in [1.29, 1.82) is 0 Å². The lowest BCUT2D eigenvalue weighted by Gasteiger charge is -2.21. The standard InChI is InChI=1S/C14H22N2O3S2/c1-11-10-16(6-2-7-19-11)21(17,18)14-5-8-20-13(14)9-15-12-3-4-12/h5,8,11-12,15H,2-4,6-7,9-10H2,1H3. The fourth-order valence-electron chi connectivity index (χ4n) is 2.53. The van der Waals surface area contributed by atoms with Gasteiger partial charge < -0.3 is 10.1 Å². The molecule has 1 aromatic heterocycles. The van der Waals surface area contributed by atoms with Gasteiger partial charge in [-0.2, -0.15) is 4.31 Å². The van der Waals surface area contributed by atoms with Crippen LogP contribution >= 0.6 is 11.3 Å². The molecular weight excluding hydrogens is 308 g/mol. The van der Waals surface area contributed by atoms with E-state index in [1.165, 1.54) is 24.2 Å². The van der Waals surface area contributed by atoms with Gasteiger partial charge in [-0.3, -0.25) is 0 Å². The highest BCUT2D eigenvalue weighted by atomic mass is 32.2.